The average molecular weight is 192 g/mol. The maximum atomic E-state index is 5.44. The van der Waals surface area contributed by atoms with Crippen molar-refractivity contribution >= 4 is 50.5 Å². The number of nitrogens with two attached hydrogens (primary N) is 1. The fourth-order valence-electron chi connectivity index (χ4n) is 0.505. The molecule has 1 nitrogen and oxygen atoms in total. The molecule has 0 aromatic carbocycles. The molecule has 1 unspecified atom stereocenters. The minimum absolute atomic E-state index is 0. The predicted octanol–water partition coefficient (Wildman–Crippen LogP) is 0.745. The van der Waals surface area contributed by atoms with Crippen molar-refractivity contribution in [3.8, 4) is 0 Å². The highest BCUT2D eigenvalue weighted by Crippen LogP contribution is 2.20. The second kappa shape index (κ2) is 8.11. The van der Waals surface area contributed by atoms with Gasteiger partial charge in [0.05, 0.1) is 0 Å². The van der Waals surface area contributed by atoms with Crippen molar-refractivity contribution in [1.82, 2.24) is 0 Å². The molecule has 0 rings (SSSR count). The smallest absolute Gasteiger partial charge is 0.316 e. The molecule has 0 spiro atoms. The fraction of sp³-hybridized carbons (Fsp3) is 0.833. The van der Waals surface area contributed by atoms with Crippen LogP contribution in [0.15, 0.2) is 0 Å². The van der Waals surface area contributed by atoms with Crippen molar-refractivity contribution in [2.75, 3.05) is 12.0 Å². The number of unbranched alkanes of at least 4 members (excludes halogenated alkanes) is 1. The lowest BCUT2D eigenvalue weighted by Gasteiger charge is -2.11. The molecule has 10 heavy (non-hydrogen) atoms. The van der Waals surface area contributed by atoms with Crippen molar-refractivity contribution in [3.05, 3.63) is 0 Å². The Balaban J connectivity index is 0. The van der Waals surface area contributed by atoms with Gasteiger partial charge < -0.3 is 5.73 Å². The lowest BCUT2D eigenvalue weighted by atomic mass is 10.4. The van der Waals surface area contributed by atoms with Crippen molar-refractivity contribution in [2.24, 2.45) is 5.73 Å². The van der Waals surface area contributed by atoms with Crippen molar-refractivity contribution in [1.29, 1.82) is 0 Å². The van der Waals surface area contributed by atoms with E-state index >= 15 is 0 Å². The largest absolute Gasteiger partial charge is 0.386 e. The van der Waals surface area contributed by atoms with E-state index in [-0.39, 0.29) is 33.9 Å². The number of hydrogen-bond donors (Lipinski definition) is 2. The van der Waals surface area contributed by atoms with Crippen LogP contribution in [0.5, 0.6) is 0 Å². The number of rotatable bonds is 3. The first kappa shape index (κ1) is 13.6. The maximum absolute atomic E-state index is 5.44. The highest BCUT2D eigenvalue weighted by atomic mass is 32.2. The Morgan fingerprint density at radius 3 is 2.40 bits per heavy atom. The zero-order valence-corrected chi connectivity index (χ0v) is 7.77. The molecule has 1 atom stereocenters. The Hall–Kier alpha value is 1.01. The lowest BCUT2D eigenvalue weighted by Crippen LogP contribution is -2.09. The number of thiocarbonyl (C=S) groups is 1. The van der Waals surface area contributed by atoms with Gasteiger partial charge in [-0.25, -0.2) is 10.9 Å². The summed E-state index contributed by atoms with van der Waals surface area (Å²) >= 11 is 4.84. The van der Waals surface area contributed by atoms with E-state index in [0.717, 1.165) is 4.32 Å². The summed E-state index contributed by atoms with van der Waals surface area (Å²) < 4.78 is 0.721. The SMILES string of the molecule is CCCC[SH](C)C(N)=S.[MgH2]. The van der Waals surface area contributed by atoms with Crippen LogP contribution in [0.2, 0.25) is 0 Å². The van der Waals surface area contributed by atoms with E-state index in [2.05, 4.69) is 13.2 Å². The van der Waals surface area contributed by atoms with Crippen LogP contribution in [0, 0.1) is 0 Å². The zero-order chi connectivity index (χ0) is 7.28. The molecule has 0 bridgehead atoms. The molecule has 0 aliphatic heterocycles. The predicted molar refractivity (Wildman–Crippen MR) is 60.0 cm³/mol. The molecule has 0 saturated heterocycles. The van der Waals surface area contributed by atoms with Gasteiger partial charge in [0.2, 0.25) is 0 Å². The van der Waals surface area contributed by atoms with Gasteiger partial charge >= 0.3 is 23.1 Å². The van der Waals surface area contributed by atoms with Crippen LogP contribution in [0.3, 0.4) is 0 Å². The third-order valence-corrected chi connectivity index (χ3v) is 3.90. The van der Waals surface area contributed by atoms with E-state index in [4.69, 9.17) is 18.0 Å². The third-order valence-electron chi connectivity index (χ3n) is 1.22. The summed E-state index contributed by atoms with van der Waals surface area (Å²) in [5.74, 6) is 1.21. The Kier molecular flexibility index (Phi) is 11.0. The summed E-state index contributed by atoms with van der Waals surface area (Å²) in [6, 6.07) is 0. The minimum atomic E-state index is -0.136. The van der Waals surface area contributed by atoms with Crippen LogP contribution in [0.1, 0.15) is 19.8 Å². The lowest BCUT2D eigenvalue weighted by molar-refractivity contribution is 0.896. The highest BCUT2D eigenvalue weighted by molar-refractivity contribution is 8.35. The van der Waals surface area contributed by atoms with Gasteiger partial charge in [0.1, 0.15) is 4.32 Å². The number of thiol groups is 1. The summed E-state index contributed by atoms with van der Waals surface area (Å²) in [5, 5.41) is 0. The molecule has 2 N–H and O–H groups in total. The van der Waals surface area contributed by atoms with Gasteiger partial charge in [0.25, 0.3) is 0 Å². The molecule has 0 aromatic rings. The molecule has 0 aliphatic rings. The van der Waals surface area contributed by atoms with Crippen LogP contribution in [-0.4, -0.2) is 39.4 Å². The molecule has 0 radical (unpaired) electrons. The van der Waals surface area contributed by atoms with Crippen LogP contribution in [0.4, 0.5) is 0 Å². The molecule has 0 fully saturated rings. The Labute approximate surface area is 87.6 Å². The Bertz CT molecular complexity index is 97.7. The Morgan fingerprint density at radius 1 is 1.60 bits per heavy atom. The van der Waals surface area contributed by atoms with Gasteiger partial charge in [-0.2, -0.15) is 0 Å². The standard InChI is InChI=1S/C6H15NS2.Mg.2H/c1-3-4-5-9(2)6(7)8;;;/h9H,3-5H2,1-2H3,(H2,7,8);;;. The summed E-state index contributed by atoms with van der Waals surface area (Å²) in [6.07, 6.45) is 4.65. The first-order chi connectivity index (χ1) is 4.18. The number of hydrogen-bond acceptors (Lipinski definition) is 1. The highest BCUT2D eigenvalue weighted by Gasteiger charge is 1.96. The first-order valence-electron chi connectivity index (χ1n) is 3.19. The minimum Gasteiger partial charge on any atom is -0.386 e. The van der Waals surface area contributed by atoms with Crippen LogP contribution >= 0.6 is 23.1 Å². The first-order valence-corrected chi connectivity index (χ1v) is 5.57. The van der Waals surface area contributed by atoms with Gasteiger partial charge in [-0.15, -0.1) is 0 Å². The van der Waals surface area contributed by atoms with Crippen molar-refractivity contribution in [3.63, 3.8) is 0 Å². The van der Waals surface area contributed by atoms with Gasteiger partial charge in [-0.1, -0.05) is 25.6 Å². The van der Waals surface area contributed by atoms with Gasteiger partial charge in [-0.05, 0) is 18.4 Å². The zero-order valence-electron chi connectivity index (χ0n) is 6.05. The van der Waals surface area contributed by atoms with Crippen molar-refractivity contribution in [2.45, 2.75) is 19.8 Å². The van der Waals surface area contributed by atoms with Crippen LogP contribution in [0.25, 0.3) is 0 Å². The van der Waals surface area contributed by atoms with E-state index in [9.17, 15) is 0 Å². The maximum Gasteiger partial charge on any atom is 0.316 e. The van der Waals surface area contributed by atoms with E-state index in [0.29, 0.717) is 0 Å². The monoisotopic (exact) mass is 191 g/mol. The molecule has 0 heterocycles. The Morgan fingerprint density at radius 2 is 2.10 bits per heavy atom. The quantitative estimate of drug-likeness (QED) is 0.391. The normalized spacial score (nSPS) is 13.6. The fourth-order valence-corrected chi connectivity index (χ4v) is 1.79. The molecule has 0 aromatic heterocycles. The summed E-state index contributed by atoms with van der Waals surface area (Å²) in [4.78, 5) is 0. The molecule has 60 valence electrons. The second-order valence-corrected chi connectivity index (χ2v) is 5.18. The third kappa shape index (κ3) is 7.12. The molecule has 0 amide bonds. The van der Waals surface area contributed by atoms with Crippen LogP contribution in [-0.2, 0) is 0 Å². The van der Waals surface area contributed by atoms with E-state index in [1.54, 1.807) is 0 Å². The second-order valence-electron chi connectivity index (χ2n) is 2.11. The molecule has 0 aliphatic carbocycles. The molecule has 4 heteroatoms. The van der Waals surface area contributed by atoms with Gasteiger partial charge in [0, 0.05) is 0 Å². The molecular weight excluding hydrogens is 175 g/mol. The molecular formula is C6H17MgNS2. The average Bonchev–Trinajstić information content (AvgIpc) is 1.82. The van der Waals surface area contributed by atoms with Gasteiger partial charge in [-0.3, -0.25) is 0 Å². The van der Waals surface area contributed by atoms with Crippen LogP contribution < -0.4 is 5.73 Å². The summed E-state index contributed by atoms with van der Waals surface area (Å²) in [7, 11) is -0.136. The van der Waals surface area contributed by atoms with Gasteiger partial charge in [0.15, 0.2) is 0 Å². The van der Waals surface area contributed by atoms with E-state index < -0.39 is 0 Å². The van der Waals surface area contributed by atoms with Crippen molar-refractivity contribution < 1.29 is 0 Å². The summed E-state index contributed by atoms with van der Waals surface area (Å²) in [5.41, 5.74) is 5.44. The topological polar surface area (TPSA) is 26.0 Å². The summed E-state index contributed by atoms with van der Waals surface area (Å²) in [6.45, 7) is 2.18. The molecule has 0 saturated carbocycles. The van der Waals surface area contributed by atoms with E-state index in [1.807, 2.05) is 0 Å². The van der Waals surface area contributed by atoms with E-state index in [1.165, 1.54) is 18.6 Å².